The molecule has 0 aliphatic heterocycles. The van der Waals surface area contributed by atoms with Crippen molar-refractivity contribution in [3.63, 3.8) is 0 Å². The Morgan fingerprint density at radius 2 is 2.19 bits per heavy atom. The van der Waals surface area contributed by atoms with Gasteiger partial charge in [0.05, 0.1) is 12.1 Å². The summed E-state index contributed by atoms with van der Waals surface area (Å²) in [4.78, 5) is 4.62. The van der Waals surface area contributed by atoms with Crippen molar-refractivity contribution in [2.45, 2.75) is 58.1 Å². The lowest BCUT2D eigenvalue weighted by atomic mass is 10.2. The van der Waals surface area contributed by atoms with Crippen LogP contribution in [0.1, 0.15) is 46.0 Å². The van der Waals surface area contributed by atoms with Crippen molar-refractivity contribution in [3.05, 3.63) is 24.3 Å². The highest BCUT2D eigenvalue weighted by atomic mass is 16.5. The number of aliphatic imine (C=N–C) groups is 1. The van der Waals surface area contributed by atoms with E-state index < -0.39 is 0 Å². The van der Waals surface area contributed by atoms with Crippen LogP contribution < -0.4 is 21.3 Å². The van der Waals surface area contributed by atoms with Crippen LogP contribution in [0, 0.1) is 0 Å². The van der Waals surface area contributed by atoms with Crippen LogP contribution in [0.4, 0.5) is 5.69 Å². The van der Waals surface area contributed by atoms with E-state index in [4.69, 9.17) is 10.6 Å². The van der Waals surface area contributed by atoms with Crippen molar-refractivity contribution in [2.75, 3.05) is 5.32 Å². The molecule has 1 atom stereocenters. The fourth-order valence-corrected chi connectivity index (χ4v) is 2.42. The molecule has 1 aromatic rings. The number of nitrogens with two attached hydrogens (primary N) is 1. The molecule has 1 aliphatic rings. The number of hydrogen-bond acceptors (Lipinski definition) is 3. The van der Waals surface area contributed by atoms with E-state index >= 15 is 0 Å². The molecule has 0 spiro atoms. The zero-order chi connectivity index (χ0) is 15.1. The molecule has 1 fully saturated rings. The number of nitrogens with zero attached hydrogens (tertiary/aromatic N) is 1. The van der Waals surface area contributed by atoms with Crippen molar-refractivity contribution in [1.82, 2.24) is 5.43 Å². The highest BCUT2D eigenvalue weighted by molar-refractivity contribution is 5.93. The van der Waals surface area contributed by atoms with Gasteiger partial charge in [-0.3, -0.25) is 5.43 Å². The van der Waals surface area contributed by atoms with Crippen molar-refractivity contribution in [1.29, 1.82) is 0 Å². The third kappa shape index (κ3) is 4.93. The molecule has 116 valence electrons. The molecule has 0 heterocycles. The van der Waals surface area contributed by atoms with Crippen LogP contribution in [0.25, 0.3) is 0 Å². The highest BCUT2D eigenvalue weighted by Gasteiger charge is 2.14. The molecule has 2 rings (SSSR count). The first-order valence-electron chi connectivity index (χ1n) is 7.79. The third-order valence-electron chi connectivity index (χ3n) is 3.78. The molecule has 5 heteroatoms. The highest BCUT2D eigenvalue weighted by Crippen LogP contribution is 2.22. The number of hydrogen-bond donors (Lipinski definition) is 3. The summed E-state index contributed by atoms with van der Waals surface area (Å²) in [6.45, 7) is 4.17. The van der Waals surface area contributed by atoms with Gasteiger partial charge in [0, 0.05) is 11.8 Å². The van der Waals surface area contributed by atoms with Crippen LogP contribution in [0.3, 0.4) is 0 Å². The molecule has 0 aromatic heterocycles. The predicted octanol–water partition coefficient (Wildman–Crippen LogP) is 3.04. The van der Waals surface area contributed by atoms with E-state index in [2.05, 4.69) is 29.6 Å². The normalized spacial score (nSPS) is 17.6. The van der Waals surface area contributed by atoms with Gasteiger partial charge in [0.1, 0.15) is 5.75 Å². The molecule has 0 bridgehead atoms. The lowest BCUT2D eigenvalue weighted by molar-refractivity contribution is 0.217. The lowest BCUT2D eigenvalue weighted by Crippen LogP contribution is -2.37. The number of rotatable bonds is 5. The van der Waals surface area contributed by atoms with E-state index in [9.17, 15) is 0 Å². The van der Waals surface area contributed by atoms with E-state index in [-0.39, 0.29) is 6.10 Å². The van der Waals surface area contributed by atoms with Crippen LogP contribution in [0.5, 0.6) is 5.75 Å². The summed E-state index contributed by atoms with van der Waals surface area (Å²) in [7, 11) is 0. The fourth-order valence-electron chi connectivity index (χ4n) is 2.42. The second-order valence-electron chi connectivity index (χ2n) is 5.55. The summed E-state index contributed by atoms with van der Waals surface area (Å²) in [6, 6.07) is 8.24. The number of ether oxygens (including phenoxy) is 1. The predicted molar refractivity (Wildman–Crippen MR) is 87.5 cm³/mol. The monoisotopic (exact) mass is 290 g/mol. The number of benzene rings is 1. The van der Waals surface area contributed by atoms with Crippen LogP contribution >= 0.6 is 0 Å². The Morgan fingerprint density at radius 1 is 1.43 bits per heavy atom. The summed E-state index contributed by atoms with van der Waals surface area (Å²) in [5, 5.41) is 3.22. The van der Waals surface area contributed by atoms with Crippen LogP contribution in [-0.4, -0.2) is 18.1 Å². The standard InChI is InChI=1S/C16H26N4O/c1-3-12(2)21-15-10-6-9-14(11-15)19-16(20-17)18-13-7-4-5-8-13/h6,9-13H,3-5,7-8,17H2,1-2H3,(H2,18,19,20). The molecule has 21 heavy (non-hydrogen) atoms. The molecular weight excluding hydrogens is 264 g/mol. The number of guanidine groups is 1. The number of hydrazine groups is 1. The Bertz CT molecular complexity index is 469. The Hall–Kier alpha value is -1.75. The first-order chi connectivity index (χ1) is 10.2. The average molecular weight is 290 g/mol. The summed E-state index contributed by atoms with van der Waals surface area (Å²) in [6.07, 6.45) is 5.98. The number of nitrogens with one attached hydrogen (secondary N) is 2. The largest absolute Gasteiger partial charge is 0.491 e. The number of anilines is 1. The minimum Gasteiger partial charge on any atom is -0.491 e. The van der Waals surface area contributed by atoms with E-state index in [1.54, 1.807) is 0 Å². The van der Waals surface area contributed by atoms with Crippen molar-refractivity contribution in [2.24, 2.45) is 10.8 Å². The first kappa shape index (κ1) is 15.6. The summed E-state index contributed by atoms with van der Waals surface area (Å²) < 4.78 is 5.82. The van der Waals surface area contributed by atoms with Gasteiger partial charge in [0.25, 0.3) is 0 Å². The Labute approximate surface area is 126 Å². The minimum atomic E-state index is 0.208. The van der Waals surface area contributed by atoms with Crippen LogP contribution in [0.15, 0.2) is 29.3 Å². The van der Waals surface area contributed by atoms with E-state index in [1.165, 1.54) is 12.8 Å². The van der Waals surface area contributed by atoms with Gasteiger partial charge in [-0.25, -0.2) is 10.8 Å². The SMILES string of the molecule is CCC(C)Oc1cccc(NC(=NC2CCCC2)NN)c1. The van der Waals surface area contributed by atoms with Gasteiger partial charge >= 0.3 is 0 Å². The summed E-state index contributed by atoms with van der Waals surface area (Å²) >= 11 is 0. The van der Waals surface area contributed by atoms with Gasteiger partial charge in [-0.05, 0) is 38.3 Å². The topological polar surface area (TPSA) is 71.7 Å². The summed E-state index contributed by atoms with van der Waals surface area (Å²) in [5.74, 6) is 7.03. The zero-order valence-corrected chi connectivity index (χ0v) is 12.9. The van der Waals surface area contributed by atoms with Crippen molar-refractivity contribution in [3.8, 4) is 5.75 Å². The van der Waals surface area contributed by atoms with E-state index in [1.807, 2.05) is 24.3 Å². The molecule has 1 unspecified atom stereocenters. The first-order valence-corrected chi connectivity index (χ1v) is 7.79. The van der Waals surface area contributed by atoms with Crippen molar-refractivity contribution >= 4 is 11.6 Å². The van der Waals surface area contributed by atoms with Crippen molar-refractivity contribution < 1.29 is 4.74 Å². The van der Waals surface area contributed by atoms with Gasteiger partial charge < -0.3 is 10.1 Å². The van der Waals surface area contributed by atoms with Gasteiger partial charge in [0.15, 0.2) is 0 Å². The molecular formula is C16H26N4O. The fraction of sp³-hybridized carbons (Fsp3) is 0.562. The smallest absolute Gasteiger partial charge is 0.210 e. The second-order valence-corrected chi connectivity index (χ2v) is 5.55. The van der Waals surface area contributed by atoms with Gasteiger partial charge in [-0.15, -0.1) is 0 Å². The molecule has 1 aromatic carbocycles. The maximum Gasteiger partial charge on any atom is 0.210 e. The van der Waals surface area contributed by atoms with Crippen LogP contribution in [0.2, 0.25) is 0 Å². The molecule has 4 N–H and O–H groups in total. The quantitative estimate of drug-likeness (QED) is 0.337. The zero-order valence-electron chi connectivity index (χ0n) is 12.9. The van der Waals surface area contributed by atoms with Gasteiger partial charge in [-0.2, -0.15) is 0 Å². The second kappa shape index (κ2) is 7.88. The Kier molecular flexibility index (Phi) is 5.87. The van der Waals surface area contributed by atoms with E-state index in [0.29, 0.717) is 12.0 Å². The molecule has 5 nitrogen and oxygen atoms in total. The maximum atomic E-state index is 5.82. The molecule has 0 amide bonds. The molecule has 1 saturated carbocycles. The molecule has 1 aliphatic carbocycles. The Morgan fingerprint density at radius 3 is 2.86 bits per heavy atom. The van der Waals surface area contributed by atoms with Gasteiger partial charge in [-0.1, -0.05) is 25.8 Å². The maximum absolute atomic E-state index is 5.82. The van der Waals surface area contributed by atoms with Crippen LogP contribution in [-0.2, 0) is 0 Å². The van der Waals surface area contributed by atoms with Gasteiger partial charge in [0.2, 0.25) is 5.96 Å². The Balaban J connectivity index is 2.01. The minimum absolute atomic E-state index is 0.208. The van der Waals surface area contributed by atoms with E-state index in [0.717, 1.165) is 30.7 Å². The lowest BCUT2D eigenvalue weighted by Gasteiger charge is -2.15. The summed E-state index contributed by atoms with van der Waals surface area (Å²) in [5.41, 5.74) is 3.57. The third-order valence-corrected chi connectivity index (χ3v) is 3.78. The molecule has 0 saturated heterocycles. The average Bonchev–Trinajstić information content (AvgIpc) is 2.99. The molecule has 0 radical (unpaired) electrons.